The molecule has 26 nitrogen and oxygen atoms in total. The molecule has 9 amide bonds. The van der Waals surface area contributed by atoms with Gasteiger partial charge in [0, 0.05) is 70.0 Å². The van der Waals surface area contributed by atoms with Crippen molar-refractivity contribution in [1.29, 1.82) is 0 Å². The van der Waals surface area contributed by atoms with Gasteiger partial charge in [-0.05, 0) is 95.0 Å². The van der Waals surface area contributed by atoms with Gasteiger partial charge in [-0.15, -0.1) is 0 Å². The molecule has 13 atom stereocenters. The molecule has 91 heavy (non-hydrogen) atoms. The standard InChI is InChI=1S/C65H110N10O16/c1-26-40(10)52-56(77)66-41(11)57(78)70(17)47(31-36(2)3)55(76)67-46(33-44-27-29-45(89-25)30-28-44)58(79)69(16)42(12)64(85)90-43(13)53(62(83)72(19)50(35-88-24)61(82)74(52)21)75(22)59(80)48(32-37(4)5)71(18)60(81)49(34-87-23)73(20)63(84)54(39(8)9)91-65(86)51(38(6)7)68(14)15/h27-30,36-43,46-54H,26,31-35H2,1-25H3,(H,66,77)(H,67,76)/t40-,41-,42+,43+,46-,47-,48-,49-,50-,51-,52-,53+,54-/m0/s1. The van der Waals surface area contributed by atoms with Gasteiger partial charge in [-0.3, -0.25) is 52.8 Å². The summed E-state index contributed by atoms with van der Waals surface area (Å²) in [4.78, 5) is 172. The first-order valence-corrected chi connectivity index (χ1v) is 31.4. The van der Waals surface area contributed by atoms with Crippen molar-refractivity contribution in [2.24, 2.45) is 29.6 Å². The molecule has 0 radical (unpaired) electrons. The Labute approximate surface area is 540 Å². The Balaban J connectivity index is 3.02. The summed E-state index contributed by atoms with van der Waals surface area (Å²) >= 11 is 0. The summed E-state index contributed by atoms with van der Waals surface area (Å²) in [5.41, 5.74) is 0.597. The van der Waals surface area contributed by atoms with Gasteiger partial charge in [0.15, 0.2) is 6.10 Å². The van der Waals surface area contributed by atoms with Crippen LogP contribution in [-0.2, 0) is 78.1 Å². The lowest BCUT2D eigenvalue weighted by atomic mass is 9.95. The van der Waals surface area contributed by atoms with Crippen LogP contribution in [0.3, 0.4) is 0 Å². The van der Waals surface area contributed by atoms with E-state index in [2.05, 4.69) is 10.6 Å². The Hall–Kier alpha value is -6.93. The van der Waals surface area contributed by atoms with Crippen molar-refractivity contribution in [3.63, 3.8) is 0 Å². The average Bonchev–Trinajstić information content (AvgIpc) is 0.922. The summed E-state index contributed by atoms with van der Waals surface area (Å²) < 4.78 is 28.5. The van der Waals surface area contributed by atoms with Crippen LogP contribution in [0.15, 0.2) is 24.3 Å². The molecule has 1 aliphatic rings. The summed E-state index contributed by atoms with van der Waals surface area (Å²) in [5, 5.41) is 5.63. The number of nitrogens with one attached hydrogen (secondary N) is 2. The van der Waals surface area contributed by atoms with Gasteiger partial charge < -0.3 is 68.6 Å². The monoisotopic (exact) mass is 1290 g/mol. The number of rotatable bonds is 24. The van der Waals surface area contributed by atoms with Crippen LogP contribution in [0.1, 0.15) is 115 Å². The van der Waals surface area contributed by atoms with E-state index >= 15 is 19.2 Å². The first-order valence-electron chi connectivity index (χ1n) is 31.4. The molecule has 0 aromatic heterocycles. The molecule has 1 aromatic rings. The molecule has 2 N–H and O–H groups in total. The second-order valence-corrected chi connectivity index (χ2v) is 26.1. The Kier molecular flexibility index (Phi) is 32.0. The second kappa shape index (κ2) is 36.3. The highest BCUT2D eigenvalue weighted by Gasteiger charge is 2.47. The molecule has 26 heteroatoms. The number of methoxy groups -OCH3 is 3. The number of carbonyl (C=O) groups is 11. The highest BCUT2D eigenvalue weighted by molar-refractivity contribution is 5.99. The zero-order chi connectivity index (χ0) is 70.0. The molecule has 1 saturated heterocycles. The smallest absolute Gasteiger partial charge is 0.328 e. The van der Waals surface area contributed by atoms with E-state index in [0.717, 1.165) is 24.5 Å². The van der Waals surface area contributed by atoms with Crippen LogP contribution in [-0.4, -0.2) is 275 Å². The number of benzene rings is 1. The maximum Gasteiger partial charge on any atom is 0.328 e. The van der Waals surface area contributed by atoms with Crippen molar-refractivity contribution in [3.8, 4) is 5.75 Å². The van der Waals surface area contributed by atoms with E-state index in [-0.39, 0.29) is 43.6 Å². The highest BCUT2D eigenvalue weighted by atomic mass is 16.6. The predicted octanol–water partition coefficient (Wildman–Crippen LogP) is 2.57. The predicted molar refractivity (Wildman–Crippen MR) is 343 cm³/mol. The third kappa shape index (κ3) is 21.0. The van der Waals surface area contributed by atoms with E-state index in [1.165, 1.54) is 101 Å². The number of ether oxygens (including phenoxy) is 5. The van der Waals surface area contributed by atoms with Crippen molar-refractivity contribution < 1.29 is 76.4 Å². The Morgan fingerprint density at radius 2 is 1.19 bits per heavy atom. The molecule has 0 aliphatic carbocycles. The number of esters is 2. The van der Waals surface area contributed by atoms with Crippen molar-refractivity contribution in [2.45, 2.75) is 188 Å². The van der Waals surface area contributed by atoms with Crippen LogP contribution in [0, 0.1) is 29.6 Å². The fourth-order valence-corrected chi connectivity index (χ4v) is 11.3. The summed E-state index contributed by atoms with van der Waals surface area (Å²) in [7, 11) is 17.0. The van der Waals surface area contributed by atoms with Crippen LogP contribution in [0.5, 0.6) is 5.75 Å². The summed E-state index contributed by atoms with van der Waals surface area (Å²) in [6, 6.07) is -6.41. The zero-order valence-electron chi connectivity index (χ0n) is 59.0. The molecule has 0 bridgehead atoms. The summed E-state index contributed by atoms with van der Waals surface area (Å²) in [6.07, 6.45) is -2.49. The van der Waals surface area contributed by atoms with Gasteiger partial charge in [0.1, 0.15) is 72.3 Å². The normalized spacial score (nSPS) is 23.3. The minimum Gasteiger partial charge on any atom is -0.497 e. The lowest BCUT2D eigenvalue weighted by molar-refractivity contribution is -0.171. The molecule has 0 unspecified atom stereocenters. The zero-order valence-corrected chi connectivity index (χ0v) is 59.0. The first-order chi connectivity index (χ1) is 42.3. The second-order valence-electron chi connectivity index (χ2n) is 26.1. The molecule has 1 heterocycles. The molecule has 0 spiro atoms. The van der Waals surface area contributed by atoms with E-state index in [0.29, 0.717) is 17.7 Å². The fourth-order valence-electron chi connectivity index (χ4n) is 11.3. The van der Waals surface area contributed by atoms with Gasteiger partial charge in [0.05, 0.1) is 20.3 Å². The highest BCUT2D eigenvalue weighted by Crippen LogP contribution is 2.25. The van der Waals surface area contributed by atoms with Crippen molar-refractivity contribution >= 4 is 65.1 Å². The minimum atomic E-state index is -1.79. The van der Waals surface area contributed by atoms with Gasteiger partial charge in [0.25, 0.3) is 5.91 Å². The topological polar surface area (TPSA) is 284 Å². The van der Waals surface area contributed by atoms with Gasteiger partial charge in [-0.2, -0.15) is 0 Å². The number of amides is 9. The largest absolute Gasteiger partial charge is 0.497 e. The van der Waals surface area contributed by atoms with E-state index in [9.17, 15) is 33.6 Å². The van der Waals surface area contributed by atoms with Gasteiger partial charge in [-0.25, -0.2) is 4.79 Å². The van der Waals surface area contributed by atoms with Crippen LogP contribution in [0.2, 0.25) is 0 Å². The van der Waals surface area contributed by atoms with Crippen LogP contribution in [0.4, 0.5) is 0 Å². The Morgan fingerprint density at radius 1 is 0.626 bits per heavy atom. The number of carbonyl (C=O) groups excluding carboxylic acids is 11. The molecule has 1 fully saturated rings. The Morgan fingerprint density at radius 3 is 1.67 bits per heavy atom. The Bertz CT molecular complexity index is 2630. The maximum atomic E-state index is 15.6. The fraction of sp³-hybridized carbons (Fsp3) is 0.738. The molecule has 2 rings (SSSR count). The molecular formula is C65H110N10O16. The molecular weight excluding hydrogens is 1180 g/mol. The number of hydrogen-bond acceptors (Lipinski definition) is 17. The van der Waals surface area contributed by atoms with Gasteiger partial charge in [-0.1, -0.05) is 87.8 Å². The molecule has 1 aliphatic heterocycles. The molecule has 0 saturated carbocycles. The summed E-state index contributed by atoms with van der Waals surface area (Å²) in [6.45, 7) is 21.4. The quantitative estimate of drug-likeness (QED) is 0.141. The lowest BCUT2D eigenvalue weighted by Gasteiger charge is -2.41. The number of cyclic esters (lactones) is 1. The van der Waals surface area contributed by atoms with E-state index in [4.69, 9.17) is 23.7 Å². The van der Waals surface area contributed by atoms with Crippen LogP contribution >= 0.6 is 0 Å². The number of likely N-dealkylation sites (N-methyl/N-ethyl adjacent to an activating group) is 8. The number of hydrogen-bond donors (Lipinski definition) is 2. The summed E-state index contributed by atoms with van der Waals surface area (Å²) in [5.74, 6) is -9.68. The maximum absolute atomic E-state index is 15.6. The lowest BCUT2D eigenvalue weighted by Crippen LogP contribution is -2.64. The van der Waals surface area contributed by atoms with Crippen molar-refractivity contribution in [2.75, 3.05) is 98.0 Å². The van der Waals surface area contributed by atoms with Crippen LogP contribution in [0.25, 0.3) is 0 Å². The first kappa shape index (κ1) is 80.2. The van der Waals surface area contributed by atoms with Gasteiger partial charge >= 0.3 is 11.9 Å². The van der Waals surface area contributed by atoms with Crippen molar-refractivity contribution in [1.82, 2.24) is 49.8 Å². The van der Waals surface area contributed by atoms with E-state index in [1.807, 2.05) is 48.5 Å². The minimum absolute atomic E-state index is 0.00735. The molecule has 516 valence electrons. The SMILES string of the molecule is CC[C@H](C)[C@H]1C(=O)N[C@@H](C)C(=O)N(C)[C@@H](CC(C)C)C(=O)N[C@@H](Cc2ccc(OC)cc2)C(=O)N(C)[C@H](C)C(=O)O[C@H](C)[C@@H](N(C)C(=O)[C@H](CC(C)C)N(C)C(=O)[C@H](COC)N(C)C(=O)[C@@H](OC(=O)[C@H](C(C)C)N(C)C)C(C)C)C(=O)N(C)[C@@H](COC)C(=O)N1C. The average molecular weight is 1290 g/mol. The van der Waals surface area contributed by atoms with E-state index in [1.54, 1.807) is 64.0 Å². The van der Waals surface area contributed by atoms with Gasteiger partial charge in [0.2, 0.25) is 47.3 Å². The number of nitrogens with zero attached hydrogens (tertiary/aromatic N) is 8. The van der Waals surface area contributed by atoms with E-state index < -0.39 is 156 Å². The van der Waals surface area contributed by atoms with Crippen LogP contribution < -0.4 is 15.4 Å². The third-order valence-corrected chi connectivity index (χ3v) is 17.2. The third-order valence-electron chi connectivity index (χ3n) is 17.2. The molecule has 1 aromatic carbocycles. The van der Waals surface area contributed by atoms with Crippen molar-refractivity contribution in [3.05, 3.63) is 29.8 Å².